The summed E-state index contributed by atoms with van der Waals surface area (Å²) in [4.78, 5) is 10.8. The van der Waals surface area contributed by atoms with Crippen molar-refractivity contribution in [2.75, 3.05) is 5.32 Å². The molecule has 0 spiro atoms. The van der Waals surface area contributed by atoms with Gasteiger partial charge in [-0.2, -0.15) is 0 Å². The molecule has 2 N–H and O–H groups in total. The van der Waals surface area contributed by atoms with E-state index in [4.69, 9.17) is 5.11 Å². The molecule has 0 heterocycles. The van der Waals surface area contributed by atoms with Crippen molar-refractivity contribution in [1.29, 1.82) is 0 Å². The Balaban J connectivity index is 2.15. The van der Waals surface area contributed by atoms with Gasteiger partial charge in [-0.1, -0.05) is 18.2 Å². The number of nitrogens with one attached hydrogen (secondary N) is 1. The average Bonchev–Trinajstić information content (AvgIpc) is 2.38. The molecule has 0 saturated carbocycles. The van der Waals surface area contributed by atoms with Gasteiger partial charge >= 0.3 is 5.97 Å². The zero-order chi connectivity index (χ0) is 13.8. The number of anilines is 1. The highest BCUT2D eigenvalue weighted by Crippen LogP contribution is 2.19. The van der Waals surface area contributed by atoms with Crippen LogP contribution in [-0.2, 0) is 6.54 Å². The van der Waals surface area contributed by atoms with Crippen LogP contribution in [0.4, 0.5) is 14.5 Å². The Kier molecular flexibility index (Phi) is 3.75. The van der Waals surface area contributed by atoms with E-state index in [1.807, 2.05) is 0 Å². The van der Waals surface area contributed by atoms with Gasteiger partial charge in [0.05, 0.1) is 5.56 Å². The van der Waals surface area contributed by atoms with Gasteiger partial charge in [0.25, 0.3) is 0 Å². The summed E-state index contributed by atoms with van der Waals surface area (Å²) in [6.07, 6.45) is 0. The third-order valence-electron chi connectivity index (χ3n) is 2.61. The molecule has 0 unspecified atom stereocenters. The predicted octanol–water partition coefficient (Wildman–Crippen LogP) is 3.28. The molecule has 0 atom stereocenters. The highest BCUT2D eigenvalue weighted by Gasteiger charge is 2.08. The van der Waals surface area contributed by atoms with Gasteiger partial charge in [0, 0.05) is 6.54 Å². The predicted molar refractivity (Wildman–Crippen MR) is 67.1 cm³/mol. The van der Waals surface area contributed by atoms with Crippen LogP contribution in [0.25, 0.3) is 0 Å². The van der Waals surface area contributed by atoms with Gasteiger partial charge in [-0.25, -0.2) is 13.6 Å². The minimum absolute atomic E-state index is 0.133. The van der Waals surface area contributed by atoms with E-state index >= 15 is 0 Å². The molecule has 0 bridgehead atoms. The van der Waals surface area contributed by atoms with Crippen LogP contribution < -0.4 is 5.32 Å². The lowest BCUT2D eigenvalue weighted by atomic mass is 10.1. The lowest BCUT2D eigenvalue weighted by Gasteiger charge is -2.09. The fourth-order valence-corrected chi connectivity index (χ4v) is 1.67. The maximum absolute atomic E-state index is 13.4. The Labute approximate surface area is 108 Å². The van der Waals surface area contributed by atoms with Crippen molar-refractivity contribution in [2.24, 2.45) is 0 Å². The first-order valence-corrected chi connectivity index (χ1v) is 5.58. The SMILES string of the molecule is O=C(O)c1cccc(CNc2c(F)cccc2F)c1. The Morgan fingerprint density at radius 3 is 2.37 bits per heavy atom. The van der Waals surface area contributed by atoms with Crippen molar-refractivity contribution in [3.05, 3.63) is 65.2 Å². The Morgan fingerprint density at radius 1 is 1.11 bits per heavy atom. The molecule has 3 nitrogen and oxygen atoms in total. The topological polar surface area (TPSA) is 49.3 Å². The van der Waals surface area contributed by atoms with Crippen LogP contribution in [0.2, 0.25) is 0 Å². The van der Waals surface area contributed by atoms with Gasteiger partial charge in [-0.05, 0) is 29.8 Å². The lowest BCUT2D eigenvalue weighted by molar-refractivity contribution is 0.0696. The van der Waals surface area contributed by atoms with Gasteiger partial charge in [0.15, 0.2) is 0 Å². The van der Waals surface area contributed by atoms with Crippen molar-refractivity contribution in [3.8, 4) is 0 Å². The number of carboxylic acid groups (broad SMARTS) is 1. The third kappa shape index (κ3) is 3.07. The van der Waals surface area contributed by atoms with Crippen LogP contribution >= 0.6 is 0 Å². The first kappa shape index (κ1) is 13.0. The molecule has 0 radical (unpaired) electrons. The Bertz CT molecular complexity index is 594. The van der Waals surface area contributed by atoms with Crippen molar-refractivity contribution in [1.82, 2.24) is 0 Å². The number of rotatable bonds is 4. The smallest absolute Gasteiger partial charge is 0.335 e. The maximum atomic E-state index is 13.4. The molecule has 5 heteroatoms. The number of para-hydroxylation sites is 1. The van der Waals surface area contributed by atoms with Crippen LogP contribution in [0.3, 0.4) is 0 Å². The first-order valence-electron chi connectivity index (χ1n) is 5.58. The van der Waals surface area contributed by atoms with E-state index in [2.05, 4.69) is 5.32 Å². The molecule has 2 aromatic rings. The number of aromatic carboxylic acids is 1. The van der Waals surface area contributed by atoms with Crippen molar-refractivity contribution < 1.29 is 18.7 Å². The van der Waals surface area contributed by atoms with Crippen molar-refractivity contribution in [3.63, 3.8) is 0 Å². The molecule has 0 aliphatic heterocycles. The molecule has 0 fully saturated rings. The van der Waals surface area contributed by atoms with E-state index in [1.54, 1.807) is 12.1 Å². The zero-order valence-corrected chi connectivity index (χ0v) is 9.86. The molecule has 0 amide bonds. The summed E-state index contributed by atoms with van der Waals surface area (Å²) in [6, 6.07) is 9.75. The van der Waals surface area contributed by atoms with Gasteiger partial charge in [0.2, 0.25) is 0 Å². The molecule has 98 valence electrons. The molecular weight excluding hydrogens is 252 g/mol. The second kappa shape index (κ2) is 5.48. The van der Waals surface area contributed by atoms with Crippen LogP contribution in [0, 0.1) is 11.6 Å². The molecule has 0 saturated heterocycles. The largest absolute Gasteiger partial charge is 0.478 e. The number of hydrogen-bond acceptors (Lipinski definition) is 2. The summed E-state index contributed by atoms with van der Waals surface area (Å²) >= 11 is 0. The second-order valence-electron chi connectivity index (χ2n) is 3.96. The number of carbonyl (C=O) groups is 1. The molecule has 0 aromatic heterocycles. The van der Waals surface area contributed by atoms with E-state index in [0.29, 0.717) is 5.56 Å². The lowest BCUT2D eigenvalue weighted by Crippen LogP contribution is -2.05. The van der Waals surface area contributed by atoms with Gasteiger partial charge in [0.1, 0.15) is 17.3 Å². The van der Waals surface area contributed by atoms with Crippen molar-refractivity contribution >= 4 is 11.7 Å². The van der Waals surface area contributed by atoms with Crippen LogP contribution in [0.5, 0.6) is 0 Å². The monoisotopic (exact) mass is 263 g/mol. The molecule has 2 rings (SSSR count). The highest BCUT2D eigenvalue weighted by atomic mass is 19.1. The van der Waals surface area contributed by atoms with Gasteiger partial charge in [-0.3, -0.25) is 0 Å². The number of halogens is 2. The summed E-state index contributed by atoms with van der Waals surface area (Å²) in [5, 5.41) is 11.5. The first-order chi connectivity index (χ1) is 9.08. The summed E-state index contributed by atoms with van der Waals surface area (Å²) < 4.78 is 26.7. The number of benzene rings is 2. The third-order valence-corrected chi connectivity index (χ3v) is 2.61. The van der Waals surface area contributed by atoms with Gasteiger partial charge in [-0.15, -0.1) is 0 Å². The minimum Gasteiger partial charge on any atom is -0.478 e. The van der Waals surface area contributed by atoms with Crippen LogP contribution in [0.1, 0.15) is 15.9 Å². The van der Waals surface area contributed by atoms with Crippen LogP contribution in [-0.4, -0.2) is 11.1 Å². The number of carboxylic acids is 1. The standard InChI is InChI=1S/C14H11F2NO2/c15-11-5-2-6-12(16)13(11)17-8-9-3-1-4-10(7-9)14(18)19/h1-7,17H,8H2,(H,18,19). The Morgan fingerprint density at radius 2 is 1.74 bits per heavy atom. The van der Waals surface area contributed by atoms with E-state index in [1.165, 1.54) is 18.2 Å². The number of hydrogen-bond donors (Lipinski definition) is 2. The fourth-order valence-electron chi connectivity index (χ4n) is 1.67. The minimum atomic E-state index is -1.04. The zero-order valence-electron chi connectivity index (χ0n) is 9.86. The summed E-state index contributed by atoms with van der Waals surface area (Å²) in [7, 11) is 0. The van der Waals surface area contributed by atoms with Crippen molar-refractivity contribution in [2.45, 2.75) is 6.54 Å². The maximum Gasteiger partial charge on any atom is 0.335 e. The normalized spacial score (nSPS) is 10.2. The molecular formula is C14H11F2NO2. The van der Waals surface area contributed by atoms with Crippen LogP contribution in [0.15, 0.2) is 42.5 Å². The van der Waals surface area contributed by atoms with E-state index in [-0.39, 0.29) is 17.8 Å². The summed E-state index contributed by atoms with van der Waals surface area (Å²) in [5.41, 5.74) is 0.541. The van der Waals surface area contributed by atoms with Gasteiger partial charge < -0.3 is 10.4 Å². The highest BCUT2D eigenvalue weighted by molar-refractivity contribution is 5.87. The van der Waals surface area contributed by atoms with E-state index in [0.717, 1.165) is 12.1 Å². The molecule has 0 aliphatic rings. The van der Waals surface area contributed by atoms with E-state index in [9.17, 15) is 13.6 Å². The quantitative estimate of drug-likeness (QED) is 0.890. The van der Waals surface area contributed by atoms with E-state index < -0.39 is 17.6 Å². The molecule has 2 aromatic carbocycles. The fraction of sp³-hybridized carbons (Fsp3) is 0.0714. The Hall–Kier alpha value is -2.43. The molecule has 0 aliphatic carbocycles. The average molecular weight is 263 g/mol. The molecule has 19 heavy (non-hydrogen) atoms. The second-order valence-corrected chi connectivity index (χ2v) is 3.96. The summed E-state index contributed by atoms with van der Waals surface area (Å²) in [6.45, 7) is 0.138. The summed E-state index contributed by atoms with van der Waals surface area (Å²) in [5.74, 6) is -2.41.